The van der Waals surface area contributed by atoms with Crippen LogP contribution in [0.15, 0.2) is 67.0 Å². The average molecular weight is 277 g/mol. The predicted octanol–water partition coefficient (Wildman–Crippen LogP) is 3.82. The molecular weight excluding hydrogens is 258 g/mol. The van der Waals surface area contributed by atoms with E-state index in [-0.39, 0.29) is 0 Å². The number of para-hydroxylation sites is 1. The van der Waals surface area contributed by atoms with Crippen LogP contribution in [0.4, 0.5) is 0 Å². The van der Waals surface area contributed by atoms with E-state index in [4.69, 9.17) is 0 Å². The Bertz CT molecular complexity index is 699. The van der Waals surface area contributed by atoms with E-state index in [2.05, 4.69) is 59.9 Å². The molecule has 0 radical (unpaired) electrons. The van der Waals surface area contributed by atoms with Crippen molar-refractivity contribution in [2.45, 2.75) is 13.0 Å². The van der Waals surface area contributed by atoms with Crippen LogP contribution in [0.5, 0.6) is 0 Å². The van der Waals surface area contributed by atoms with Gasteiger partial charge in [0, 0.05) is 17.8 Å². The summed E-state index contributed by atoms with van der Waals surface area (Å²) >= 11 is 0. The fraction of sp³-hybridized carbons (Fsp3) is 0.167. The maximum absolute atomic E-state index is 4.44. The van der Waals surface area contributed by atoms with Crippen molar-refractivity contribution in [2.24, 2.45) is 0 Å². The van der Waals surface area contributed by atoms with Crippen LogP contribution in [0.2, 0.25) is 0 Å². The second kappa shape index (κ2) is 5.94. The molecule has 0 fully saturated rings. The van der Waals surface area contributed by atoms with Crippen LogP contribution in [-0.4, -0.2) is 16.8 Å². The standard InChI is InChI=1S/C18H19N3/c1-14(19-2)15-8-10-16(11-9-15)17-12-20-21(13-17)18-6-4-3-5-7-18/h3-14,19H,1-2H3. The summed E-state index contributed by atoms with van der Waals surface area (Å²) in [6.07, 6.45) is 3.97. The van der Waals surface area contributed by atoms with Crippen molar-refractivity contribution in [1.29, 1.82) is 0 Å². The van der Waals surface area contributed by atoms with Crippen LogP contribution in [0.1, 0.15) is 18.5 Å². The summed E-state index contributed by atoms with van der Waals surface area (Å²) in [6.45, 7) is 2.16. The lowest BCUT2D eigenvalue weighted by molar-refractivity contribution is 0.652. The molecule has 3 heteroatoms. The van der Waals surface area contributed by atoms with Crippen molar-refractivity contribution in [3.63, 3.8) is 0 Å². The molecule has 0 saturated carbocycles. The van der Waals surface area contributed by atoms with Gasteiger partial charge in [-0.25, -0.2) is 4.68 Å². The number of hydrogen-bond acceptors (Lipinski definition) is 2. The lowest BCUT2D eigenvalue weighted by atomic mass is 10.0. The molecule has 0 aliphatic rings. The van der Waals surface area contributed by atoms with Crippen LogP contribution >= 0.6 is 0 Å². The molecule has 0 amide bonds. The predicted molar refractivity (Wildman–Crippen MR) is 86.5 cm³/mol. The molecule has 3 rings (SSSR count). The highest BCUT2D eigenvalue weighted by molar-refractivity contribution is 5.62. The van der Waals surface area contributed by atoms with E-state index in [0.717, 1.165) is 11.3 Å². The van der Waals surface area contributed by atoms with Gasteiger partial charge in [-0.2, -0.15) is 5.10 Å². The van der Waals surface area contributed by atoms with Gasteiger partial charge in [-0.15, -0.1) is 0 Å². The fourth-order valence-electron chi connectivity index (χ4n) is 2.32. The van der Waals surface area contributed by atoms with Crippen LogP contribution in [-0.2, 0) is 0 Å². The Kier molecular flexibility index (Phi) is 3.84. The van der Waals surface area contributed by atoms with E-state index >= 15 is 0 Å². The van der Waals surface area contributed by atoms with Gasteiger partial charge in [0.15, 0.2) is 0 Å². The molecule has 0 saturated heterocycles. The van der Waals surface area contributed by atoms with Crippen molar-refractivity contribution in [2.75, 3.05) is 7.05 Å². The molecule has 1 unspecified atom stereocenters. The van der Waals surface area contributed by atoms with E-state index in [1.807, 2.05) is 36.1 Å². The van der Waals surface area contributed by atoms with Gasteiger partial charge in [0.2, 0.25) is 0 Å². The van der Waals surface area contributed by atoms with Crippen LogP contribution < -0.4 is 5.32 Å². The Balaban J connectivity index is 1.86. The van der Waals surface area contributed by atoms with E-state index in [0.29, 0.717) is 6.04 Å². The molecule has 1 heterocycles. The normalized spacial score (nSPS) is 12.3. The summed E-state index contributed by atoms with van der Waals surface area (Å²) in [5.41, 5.74) is 4.67. The second-order valence-electron chi connectivity index (χ2n) is 5.14. The first-order chi connectivity index (χ1) is 10.3. The molecule has 21 heavy (non-hydrogen) atoms. The molecule has 106 valence electrons. The van der Waals surface area contributed by atoms with Crippen LogP contribution in [0, 0.1) is 0 Å². The quantitative estimate of drug-likeness (QED) is 0.785. The zero-order chi connectivity index (χ0) is 14.7. The van der Waals surface area contributed by atoms with Crippen molar-refractivity contribution in [3.05, 3.63) is 72.6 Å². The number of hydrogen-bond donors (Lipinski definition) is 1. The minimum absolute atomic E-state index is 0.367. The van der Waals surface area contributed by atoms with Gasteiger partial charge in [-0.1, -0.05) is 42.5 Å². The Morgan fingerprint density at radius 1 is 0.952 bits per heavy atom. The van der Waals surface area contributed by atoms with Crippen LogP contribution in [0.25, 0.3) is 16.8 Å². The molecule has 1 N–H and O–H groups in total. The fourth-order valence-corrected chi connectivity index (χ4v) is 2.32. The third-order valence-electron chi connectivity index (χ3n) is 3.78. The summed E-state index contributed by atoms with van der Waals surface area (Å²) in [7, 11) is 1.97. The maximum atomic E-state index is 4.44. The second-order valence-corrected chi connectivity index (χ2v) is 5.14. The van der Waals surface area contributed by atoms with Crippen molar-refractivity contribution in [3.8, 4) is 16.8 Å². The van der Waals surface area contributed by atoms with Gasteiger partial charge in [-0.3, -0.25) is 0 Å². The number of nitrogens with one attached hydrogen (secondary N) is 1. The summed E-state index contributed by atoms with van der Waals surface area (Å²) in [5.74, 6) is 0. The molecule has 1 aromatic heterocycles. The van der Waals surface area contributed by atoms with Gasteiger partial charge in [0.05, 0.1) is 11.9 Å². The van der Waals surface area contributed by atoms with Gasteiger partial charge in [0.25, 0.3) is 0 Å². The Labute approximate surface area is 125 Å². The Morgan fingerprint density at radius 2 is 1.67 bits per heavy atom. The third kappa shape index (κ3) is 2.88. The molecule has 3 aromatic rings. The number of nitrogens with zero attached hydrogens (tertiary/aromatic N) is 2. The third-order valence-corrected chi connectivity index (χ3v) is 3.78. The Morgan fingerprint density at radius 3 is 2.33 bits per heavy atom. The minimum atomic E-state index is 0.367. The molecule has 0 aliphatic heterocycles. The van der Waals surface area contributed by atoms with E-state index < -0.39 is 0 Å². The van der Waals surface area contributed by atoms with Crippen LogP contribution in [0.3, 0.4) is 0 Å². The first-order valence-electron chi connectivity index (χ1n) is 7.15. The highest BCUT2D eigenvalue weighted by Gasteiger charge is 2.05. The lowest BCUT2D eigenvalue weighted by Gasteiger charge is -2.10. The summed E-state index contributed by atoms with van der Waals surface area (Å²) < 4.78 is 1.90. The molecule has 3 nitrogen and oxygen atoms in total. The highest BCUT2D eigenvalue weighted by Crippen LogP contribution is 2.22. The summed E-state index contributed by atoms with van der Waals surface area (Å²) in [6, 6.07) is 19.1. The highest BCUT2D eigenvalue weighted by atomic mass is 15.3. The van der Waals surface area contributed by atoms with Gasteiger partial charge in [0.1, 0.15) is 0 Å². The topological polar surface area (TPSA) is 29.9 Å². The number of rotatable bonds is 4. The van der Waals surface area contributed by atoms with Gasteiger partial charge >= 0.3 is 0 Å². The minimum Gasteiger partial charge on any atom is -0.313 e. The molecule has 0 aliphatic carbocycles. The SMILES string of the molecule is CNC(C)c1ccc(-c2cnn(-c3ccccc3)c2)cc1. The van der Waals surface area contributed by atoms with Crippen molar-refractivity contribution in [1.82, 2.24) is 15.1 Å². The van der Waals surface area contributed by atoms with E-state index in [9.17, 15) is 0 Å². The van der Waals surface area contributed by atoms with Gasteiger partial charge in [-0.05, 0) is 37.2 Å². The molecular formula is C18H19N3. The first kappa shape index (κ1) is 13.6. The van der Waals surface area contributed by atoms with Crippen molar-refractivity contribution < 1.29 is 0 Å². The zero-order valence-electron chi connectivity index (χ0n) is 12.3. The monoisotopic (exact) mass is 277 g/mol. The molecule has 0 spiro atoms. The van der Waals surface area contributed by atoms with Gasteiger partial charge < -0.3 is 5.32 Å². The largest absolute Gasteiger partial charge is 0.313 e. The molecule has 1 atom stereocenters. The zero-order valence-corrected chi connectivity index (χ0v) is 12.3. The summed E-state index contributed by atoms with van der Waals surface area (Å²) in [5, 5.41) is 7.69. The first-order valence-corrected chi connectivity index (χ1v) is 7.15. The van der Waals surface area contributed by atoms with E-state index in [1.54, 1.807) is 0 Å². The smallest absolute Gasteiger partial charge is 0.0645 e. The summed E-state index contributed by atoms with van der Waals surface area (Å²) in [4.78, 5) is 0. The van der Waals surface area contributed by atoms with Crippen molar-refractivity contribution >= 4 is 0 Å². The molecule has 0 bridgehead atoms. The lowest BCUT2D eigenvalue weighted by Crippen LogP contribution is -2.11. The van der Waals surface area contributed by atoms with E-state index in [1.165, 1.54) is 11.1 Å². The Hall–Kier alpha value is -2.39. The molecule has 2 aromatic carbocycles. The maximum Gasteiger partial charge on any atom is 0.0645 e. The number of aromatic nitrogens is 2. The number of benzene rings is 2. The average Bonchev–Trinajstić information content (AvgIpc) is 3.05.